The maximum Gasteiger partial charge on any atom is 0.322 e. The van der Waals surface area contributed by atoms with E-state index in [1.54, 1.807) is 25.4 Å². The van der Waals surface area contributed by atoms with Crippen LogP contribution in [0.2, 0.25) is 0 Å². The average molecular weight is 408 g/mol. The van der Waals surface area contributed by atoms with E-state index in [0.717, 1.165) is 22.4 Å². The Morgan fingerprint density at radius 2 is 2.13 bits per heavy atom. The van der Waals surface area contributed by atoms with Crippen LogP contribution in [0.1, 0.15) is 17.0 Å². The van der Waals surface area contributed by atoms with Gasteiger partial charge in [0.25, 0.3) is 5.91 Å². The first-order chi connectivity index (χ1) is 14.5. The molecule has 0 radical (unpaired) electrons. The fourth-order valence-electron chi connectivity index (χ4n) is 3.97. The van der Waals surface area contributed by atoms with E-state index in [4.69, 9.17) is 13.9 Å². The van der Waals surface area contributed by atoms with Crippen molar-refractivity contribution in [3.63, 3.8) is 0 Å². The molecule has 2 aliphatic rings. The third-order valence-electron chi connectivity index (χ3n) is 5.54. The lowest BCUT2D eigenvalue weighted by atomic mass is 9.94. The van der Waals surface area contributed by atoms with Crippen LogP contribution in [0.5, 0.6) is 11.5 Å². The summed E-state index contributed by atoms with van der Waals surface area (Å²) >= 11 is 0. The van der Waals surface area contributed by atoms with Gasteiger partial charge >= 0.3 is 6.03 Å². The topological polar surface area (TPSA) is 106 Å². The zero-order valence-corrected chi connectivity index (χ0v) is 16.5. The molecule has 4 heterocycles. The van der Waals surface area contributed by atoms with E-state index >= 15 is 0 Å². The average Bonchev–Trinajstić information content (AvgIpc) is 3.30. The lowest BCUT2D eigenvalue weighted by Gasteiger charge is -2.34. The van der Waals surface area contributed by atoms with E-state index in [1.165, 1.54) is 0 Å². The molecular weight excluding hydrogens is 388 g/mol. The van der Waals surface area contributed by atoms with E-state index < -0.39 is 17.5 Å². The van der Waals surface area contributed by atoms with E-state index in [2.05, 4.69) is 15.6 Å². The summed E-state index contributed by atoms with van der Waals surface area (Å²) in [6.07, 6.45) is 1.65. The van der Waals surface area contributed by atoms with Gasteiger partial charge in [-0.2, -0.15) is 0 Å². The molecule has 2 aromatic heterocycles. The van der Waals surface area contributed by atoms with Crippen molar-refractivity contribution >= 4 is 22.9 Å². The maximum absolute atomic E-state index is 12.9. The molecule has 0 unspecified atom stereocenters. The maximum atomic E-state index is 12.9. The predicted molar refractivity (Wildman–Crippen MR) is 106 cm³/mol. The summed E-state index contributed by atoms with van der Waals surface area (Å²) in [5.41, 5.74) is 0.992. The van der Waals surface area contributed by atoms with E-state index in [-0.39, 0.29) is 13.3 Å². The molecule has 0 aliphatic carbocycles. The van der Waals surface area contributed by atoms with Gasteiger partial charge in [-0.15, -0.1) is 0 Å². The first-order valence-electron chi connectivity index (χ1n) is 9.50. The Kier molecular flexibility index (Phi) is 4.14. The number of nitrogens with one attached hydrogen (secondary N) is 2. The summed E-state index contributed by atoms with van der Waals surface area (Å²) in [6.45, 7) is 2.85. The molecule has 3 aromatic rings. The summed E-state index contributed by atoms with van der Waals surface area (Å²) in [6, 6.07) is 8.57. The van der Waals surface area contributed by atoms with Gasteiger partial charge in [0.2, 0.25) is 0 Å². The lowest BCUT2D eigenvalue weighted by Crippen LogP contribution is -2.53. The van der Waals surface area contributed by atoms with Gasteiger partial charge in [-0.25, -0.2) is 4.79 Å². The molecule has 0 saturated carbocycles. The van der Waals surface area contributed by atoms with Crippen LogP contribution in [0.3, 0.4) is 0 Å². The fourth-order valence-corrected chi connectivity index (χ4v) is 3.97. The van der Waals surface area contributed by atoms with Gasteiger partial charge in [-0.3, -0.25) is 20.0 Å². The van der Waals surface area contributed by atoms with Gasteiger partial charge in [-0.05, 0) is 25.1 Å². The van der Waals surface area contributed by atoms with Crippen molar-refractivity contribution in [3.8, 4) is 11.5 Å². The number of nitrogens with zero attached hydrogens (tertiary/aromatic N) is 2. The molecule has 1 atom stereocenters. The minimum Gasteiger partial charge on any atom is -0.497 e. The van der Waals surface area contributed by atoms with Crippen molar-refractivity contribution in [1.82, 2.24) is 20.5 Å². The number of benzene rings is 1. The highest BCUT2D eigenvalue weighted by molar-refractivity contribution is 6.07. The van der Waals surface area contributed by atoms with Gasteiger partial charge in [0, 0.05) is 42.0 Å². The largest absolute Gasteiger partial charge is 0.497 e. The summed E-state index contributed by atoms with van der Waals surface area (Å²) in [7, 11) is 1.60. The van der Waals surface area contributed by atoms with Crippen molar-refractivity contribution in [1.29, 1.82) is 0 Å². The first kappa shape index (κ1) is 18.4. The highest BCUT2D eigenvalue weighted by Gasteiger charge is 2.51. The number of fused-ring (bicyclic) bond motifs is 2. The SMILES string of the molecule is COc1ccc2c(c1)OCN(C[C@@]1(c3cc4c(C)nccc4o3)NC(=O)NC1=O)C2. The van der Waals surface area contributed by atoms with E-state index in [9.17, 15) is 9.59 Å². The number of methoxy groups -OCH3 is 1. The molecule has 1 fully saturated rings. The van der Waals surface area contributed by atoms with Gasteiger partial charge < -0.3 is 19.2 Å². The molecule has 9 nitrogen and oxygen atoms in total. The van der Waals surface area contributed by atoms with E-state index in [0.29, 0.717) is 23.6 Å². The highest BCUT2D eigenvalue weighted by Crippen LogP contribution is 2.35. The zero-order chi connectivity index (χ0) is 20.9. The van der Waals surface area contributed by atoms with Crippen LogP contribution < -0.4 is 20.1 Å². The minimum absolute atomic E-state index is 0.183. The standard InChI is InChI=1S/C21H20N4O5/c1-12-15-8-18(30-16(15)5-6-22-12)21(19(26)23-20(27)24-21)10-25-9-13-3-4-14(28-2)7-17(13)29-11-25/h3-8H,9-11H2,1-2H3,(H2,23,24,26,27)/t21-/m0/s1. The third kappa shape index (κ3) is 2.86. The number of imide groups is 1. The zero-order valence-electron chi connectivity index (χ0n) is 16.5. The van der Waals surface area contributed by atoms with Crippen LogP contribution in [0.4, 0.5) is 4.79 Å². The second-order valence-corrected chi connectivity index (χ2v) is 7.47. The second kappa shape index (κ2) is 6.74. The Morgan fingerprint density at radius 1 is 1.27 bits per heavy atom. The van der Waals surface area contributed by atoms with Crippen LogP contribution in [0.25, 0.3) is 11.0 Å². The molecule has 154 valence electrons. The smallest absolute Gasteiger partial charge is 0.322 e. The van der Waals surface area contributed by atoms with Gasteiger partial charge in [-0.1, -0.05) is 6.07 Å². The summed E-state index contributed by atoms with van der Waals surface area (Å²) < 4.78 is 17.1. The predicted octanol–water partition coefficient (Wildman–Crippen LogP) is 2.03. The summed E-state index contributed by atoms with van der Waals surface area (Å²) in [5, 5.41) is 5.91. The van der Waals surface area contributed by atoms with Crippen LogP contribution in [-0.2, 0) is 16.9 Å². The normalized spacial score (nSPS) is 21.1. The quantitative estimate of drug-likeness (QED) is 0.636. The highest BCUT2D eigenvalue weighted by atomic mass is 16.5. The molecule has 9 heteroatoms. The number of aromatic nitrogens is 1. The number of furan rings is 1. The van der Waals surface area contributed by atoms with Crippen LogP contribution in [0.15, 0.2) is 40.9 Å². The number of urea groups is 1. The summed E-state index contributed by atoms with van der Waals surface area (Å²) in [4.78, 5) is 31.2. The van der Waals surface area contributed by atoms with Gasteiger partial charge in [0.15, 0.2) is 5.54 Å². The fraction of sp³-hybridized carbons (Fsp3) is 0.286. The number of amides is 3. The number of carbonyl (C=O) groups excluding carboxylic acids is 2. The number of aryl methyl sites for hydroxylation is 1. The monoisotopic (exact) mass is 408 g/mol. The number of hydrogen-bond acceptors (Lipinski definition) is 7. The number of hydrogen-bond donors (Lipinski definition) is 2. The van der Waals surface area contributed by atoms with Crippen molar-refractivity contribution in [2.24, 2.45) is 0 Å². The molecular formula is C21H20N4O5. The Balaban J connectivity index is 1.50. The number of pyridine rings is 1. The van der Waals surface area contributed by atoms with Gasteiger partial charge in [0.05, 0.1) is 7.11 Å². The van der Waals surface area contributed by atoms with Crippen molar-refractivity contribution < 1.29 is 23.5 Å². The molecule has 0 bridgehead atoms. The molecule has 1 saturated heterocycles. The molecule has 30 heavy (non-hydrogen) atoms. The minimum atomic E-state index is -1.37. The molecule has 3 amide bonds. The Labute approximate surface area is 172 Å². The van der Waals surface area contributed by atoms with E-state index in [1.807, 2.05) is 30.0 Å². The van der Waals surface area contributed by atoms with Crippen LogP contribution in [-0.4, -0.2) is 42.2 Å². The Bertz CT molecular complexity index is 1170. The molecule has 0 spiro atoms. The number of rotatable bonds is 4. The van der Waals surface area contributed by atoms with Crippen LogP contribution in [0, 0.1) is 6.92 Å². The molecule has 5 rings (SSSR count). The van der Waals surface area contributed by atoms with Crippen LogP contribution >= 0.6 is 0 Å². The molecule has 2 N–H and O–H groups in total. The summed E-state index contributed by atoms with van der Waals surface area (Å²) in [5.74, 6) is 1.35. The Hall–Kier alpha value is -3.59. The van der Waals surface area contributed by atoms with Crippen molar-refractivity contribution in [2.75, 3.05) is 20.4 Å². The molecule has 1 aromatic carbocycles. The third-order valence-corrected chi connectivity index (χ3v) is 5.54. The number of carbonyl (C=O) groups is 2. The Morgan fingerprint density at radius 3 is 2.87 bits per heavy atom. The first-order valence-corrected chi connectivity index (χ1v) is 9.50. The van der Waals surface area contributed by atoms with Crippen molar-refractivity contribution in [2.45, 2.75) is 19.0 Å². The number of ether oxygens (including phenoxy) is 2. The van der Waals surface area contributed by atoms with Gasteiger partial charge in [0.1, 0.15) is 29.6 Å². The second-order valence-electron chi connectivity index (χ2n) is 7.47. The molecule has 2 aliphatic heterocycles. The van der Waals surface area contributed by atoms with Crippen molar-refractivity contribution in [3.05, 3.63) is 53.5 Å². The lowest BCUT2D eigenvalue weighted by molar-refractivity contribution is -0.126.